The van der Waals surface area contributed by atoms with E-state index < -0.39 is 0 Å². The van der Waals surface area contributed by atoms with Gasteiger partial charge in [0.25, 0.3) is 0 Å². The van der Waals surface area contributed by atoms with Crippen LogP contribution in [0, 0.1) is 5.92 Å². The van der Waals surface area contributed by atoms with Gasteiger partial charge in [-0.2, -0.15) is 5.10 Å². The molecule has 0 radical (unpaired) electrons. The first kappa shape index (κ1) is 16.1. The molecule has 1 fully saturated rings. The third-order valence-electron chi connectivity index (χ3n) is 5.39. The fourth-order valence-corrected chi connectivity index (χ4v) is 3.97. The number of hydrogen-bond acceptors (Lipinski definition) is 3. The van der Waals surface area contributed by atoms with Crippen molar-refractivity contribution >= 4 is 5.91 Å². The molecule has 0 bridgehead atoms. The summed E-state index contributed by atoms with van der Waals surface area (Å²) in [6, 6.07) is 9.89. The standard InChI is InChI=1S/C19H24N4O2/c24-18(16-8-4-5-9-16)21-11-10-17-20-23(19(25)22(17)13-12-21)14-15-6-2-1-3-7-15/h1-3,6-7,16H,4-5,8-14H2. The molecule has 2 aliphatic rings. The van der Waals surface area contributed by atoms with Crippen LogP contribution < -0.4 is 5.69 Å². The Labute approximate surface area is 147 Å². The number of hydrogen-bond donors (Lipinski definition) is 0. The van der Waals surface area contributed by atoms with Crippen LogP contribution in [-0.2, 0) is 24.3 Å². The minimum atomic E-state index is -0.0750. The van der Waals surface area contributed by atoms with Crippen LogP contribution in [0.15, 0.2) is 35.1 Å². The smallest absolute Gasteiger partial charge is 0.340 e. The molecule has 2 heterocycles. The van der Waals surface area contributed by atoms with Crippen molar-refractivity contribution in [3.8, 4) is 0 Å². The van der Waals surface area contributed by atoms with E-state index in [0.717, 1.165) is 37.1 Å². The molecule has 0 atom stereocenters. The summed E-state index contributed by atoms with van der Waals surface area (Å²) in [5, 5.41) is 4.53. The molecule has 0 spiro atoms. The molecule has 25 heavy (non-hydrogen) atoms. The molecule has 1 saturated carbocycles. The van der Waals surface area contributed by atoms with Crippen molar-refractivity contribution < 1.29 is 4.79 Å². The van der Waals surface area contributed by atoms with E-state index in [1.54, 1.807) is 9.25 Å². The second-order valence-corrected chi connectivity index (χ2v) is 7.05. The van der Waals surface area contributed by atoms with Gasteiger partial charge in [0, 0.05) is 32.0 Å². The highest BCUT2D eigenvalue weighted by molar-refractivity contribution is 5.79. The average Bonchev–Trinajstić information content (AvgIpc) is 3.20. The monoisotopic (exact) mass is 340 g/mol. The average molecular weight is 340 g/mol. The summed E-state index contributed by atoms with van der Waals surface area (Å²) in [6.07, 6.45) is 5.01. The maximum absolute atomic E-state index is 12.7. The van der Waals surface area contributed by atoms with Crippen LogP contribution in [-0.4, -0.2) is 38.2 Å². The molecule has 1 aliphatic heterocycles. The summed E-state index contributed by atoms with van der Waals surface area (Å²) >= 11 is 0. The van der Waals surface area contributed by atoms with Gasteiger partial charge in [0.05, 0.1) is 6.54 Å². The Bertz CT molecular complexity index is 803. The maximum atomic E-state index is 12.7. The van der Waals surface area contributed by atoms with Crippen LogP contribution in [0.2, 0.25) is 0 Å². The normalized spacial score (nSPS) is 18.2. The number of nitrogens with zero attached hydrogens (tertiary/aromatic N) is 4. The summed E-state index contributed by atoms with van der Waals surface area (Å²) in [5.74, 6) is 1.26. The first-order chi connectivity index (χ1) is 12.2. The lowest BCUT2D eigenvalue weighted by Gasteiger charge is -2.23. The van der Waals surface area contributed by atoms with E-state index in [4.69, 9.17) is 0 Å². The molecule has 1 aliphatic carbocycles. The summed E-state index contributed by atoms with van der Waals surface area (Å²) in [4.78, 5) is 27.2. The minimum absolute atomic E-state index is 0.0750. The molecule has 6 nitrogen and oxygen atoms in total. The Morgan fingerprint density at radius 2 is 1.84 bits per heavy atom. The number of carbonyl (C=O) groups excluding carboxylic acids is 1. The Hall–Kier alpha value is -2.37. The first-order valence-electron chi connectivity index (χ1n) is 9.21. The van der Waals surface area contributed by atoms with Crippen LogP contribution >= 0.6 is 0 Å². The Morgan fingerprint density at radius 1 is 1.08 bits per heavy atom. The van der Waals surface area contributed by atoms with E-state index in [-0.39, 0.29) is 17.5 Å². The zero-order valence-corrected chi connectivity index (χ0v) is 14.4. The molecule has 6 heteroatoms. The van der Waals surface area contributed by atoms with Crippen LogP contribution in [0.4, 0.5) is 0 Å². The van der Waals surface area contributed by atoms with Crippen LogP contribution in [0.5, 0.6) is 0 Å². The van der Waals surface area contributed by atoms with Crippen molar-refractivity contribution in [2.24, 2.45) is 5.92 Å². The quantitative estimate of drug-likeness (QED) is 0.854. The van der Waals surface area contributed by atoms with Gasteiger partial charge >= 0.3 is 5.69 Å². The first-order valence-corrected chi connectivity index (χ1v) is 9.21. The molecule has 0 unspecified atom stereocenters. The minimum Gasteiger partial charge on any atom is -0.340 e. The van der Waals surface area contributed by atoms with E-state index in [9.17, 15) is 9.59 Å². The predicted octanol–water partition coefficient (Wildman–Crippen LogP) is 1.67. The van der Waals surface area contributed by atoms with Gasteiger partial charge < -0.3 is 4.90 Å². The van der Waals surface area contributed by atoms with Gasteiger partial charge in [0.2, 0.25) is 5.91 Å². The maximum Gasteiger partial charge on any atom is 0.346 e. The van der Waals surface area contributed by atoms with Gasteiger partial charge in [-0.1, -0.05) is 43.2 Å². The van der Waals surface area contributed by atoms with Crippen LogP contribution in [0.1, 0.15) is 37.1 Å². The summed E-state index contributed by atoms with van der Waals surface area (Å²) in [6.45, 7) is 2.31. The number of carbonyl (C=O) groups is 1. The second-order valence-electron chi connectivity index (χ2n) is 7.05. The van der Waals surface area contributed by atoms with E-state index in [2.05, 4.69) is 5.10 Å². The Balaban J connectivity index is 1.48. The zero-order chi connectivity index (χ0) is 17.2. The highest BCUT2D eigenvalue weighted by atomic mass is 16.2. The molecule has 132 valence electrons. The summed E-state index contributed by atoms with van der Waals surface area (Å²) in [5.41, 5.74) is 0.991. The van der Waals surface area contributed by atoms with Gasteiger partial charge in [0.15, 0.2) is 0 Å². The zero-order valence-electron chi connectivity index (χ0n) is 14.4. The van der Waals surface area contributed by atoms with E-state index in [1.807, 2.05) is 35.2 Å². The van der Waals surface area contributed by atoms with E-state index in [0.29, 0.717) is 32.6 Å². The van der Waals surface area contributed by atoms with Crippen molar-refractivity contribution in [3.05, 3.63) is 52.2 Å². The van der Waals surface area contributed by atoms with Gasteiger partial charge in [-0.05, 0) is 18.4 Å². The summed E-state index contributed by atoms with van der Waals surface area (Å²) in [7, 11) is 0. The molecule has 0 saturated heterocycles. The van der Waals surface area contributed by atoms with Crippen molar-refractivity contribution in [2.45, 2.75) is 45.2 Å². The topological polar surface area (TPSA) is 60.1 Å². The highest BCUT2D eigenvalue weighted by Gasteiger charge is 2.29. The van der Waals surface area contributed by atoms with Crippen molar-refractivity contribution in [1.29, 1.82) is 0 Å². The number of benzene rings is 1. The van der Waals surface area contributed by atoms with Gasteiger partial charge in [-0.25, -0.2) is 9.48 Å². The fraction of sp³-hybridized carbons (Fsp3) is 0.526. The van der Waals surface area contributed by atoms with Crippen LogP contribution in [0.25, 0.3) is 0 Å². The molecule has 4 rings (SSSR count). The highest BCUT2D eigenvalue weighted by Crippen LogP contribution is 2.26. The molecule has 1 amide bonds. The third kappa shape index (κ3) is 3.25. The lowest BCUT2D eigenvalue weighted by molar-refractivity contribution is -0.135. The Morgan fingerprint density at radius 3 is 2.60 bits per heavy atom. The van der Waals surface area contributed by atoms with Crippen molar-refractivity contribution in [1.82, 2.24) is 19.2 Å². The molecule has 1 aromatic carbocycles. The summed E-state index contributed by atoms with van der Waals surface area (Å²) < 4.78 is 3.28. The predicted molar refractivity (Wildman–Crippen MR) is 94.3 cm³/mol. The van der Waals surface area contributed by atoms with Crippen molar-refractivity contribution in [2.75, 3.05) is 13.1 Å². The van der Waals surface area contributed by atoms with E-state index in [1.165, 1.54) is 0 Å². The molecular weight excluding hydrogens is 316 g/mol. The lowest BCUT2D eigenvalue weighted by atomic mass is 10.1. The molecule has 0 N–H and O–H groups in total. The number of amides is 1. The lowest BCUT2D eigenvalue weighted by Crippen LogP contribution is -2.38. The molecule has 2 aromatic rings. The van der Waals surface area contributed by atoms with Gasteiger partial charge in [-0.15, -0.1) is 0 Å². The molecule has 1 aromatic heterocycles. The third-order valence-corrected chi connectivity index (χ3v) is 5.39. The Kier molecular flexibility index (Phi) is 4.42. The molecular formula is C19H24N4O2. The van der Waals surface area contributed by atoms with Gasteiger partial charge in [-0.3, -0.25) is 9.36 Å². The number of aromatic nitrogens is 3. The number of rotatable bonds is 3. The van der Waals surface area contributed by atoms with Gasteiger partial charge in [0.1, 0.15) is 5.82 Å². The van der Waals surface area contributed by atoms with E-state index >= 15 is 0 Å². The fourth-order valence-electron chi connectivity index (χ4n) is 3.97. The number of fused-ring (bicyclic) bond motifs is 1. The largest absolute Gasteiger partial charge is 0.346 e. The second kappa shape index (κ2) is 6.86. The van der Waals surface area contributed by atoms with Crippen molar-refractivity contribution in [3.63, 3.8) is 0 Å². The van der Waals surface area contributed by atoms with Crippen LogP contribution in [0.3, 0.4) is 0 Å². The SMILES string of the molecule is O=C(C1CCCC1)N1CCc2nn(Cc3ccccc3)c(=O)n2CC1.